The molecule has 0 unspecified atom stereocenters. The highest BCUT2D eigenvalue weighted by molar-refractivity contribution is 7.92. The van der Waals surface area contributed by atoms with Gasteiger partial charge < -0.3 is 4.98 Å². The van der Waals surface area contributed by atoms with Gasteiger partial charge in [-0.15, -0.1) is 0 Å². The van der Waals surface area contributed by atoms with E-state index in [0.29, 0.717) is 16.7 Å². The number of anilines is 1. The normalized spacial score (nSPS) is 11.8. The van der Waals surface area contributed by atoms with Gasteiger partial charge in [0.1, 0.15) is 0 Å². The number of imidazole rings is 1. The lowest BCUT2D eigenvalue weighted by atomic mass is 10.2. The summed E-state index contributed by atoms with van der Waals surface area (Å²) in [5, 5.41) is 0.872. The van der Waals surface area contributed by atoms with Gasteiger partial charge in [-0.2, -0.15) is 0 Å². The van der Waals surface area contributed by atoms with E-state index in [1.54, 1.807) is 30.5 Å². The molecule has 0 atom stereocenters. The first kappa shape index (κ1) is 13.7. The first-order chi connectivity index (χ1) is 11.1. The number of nitrogens with zero attached hydrogens (tertiary/aromatic N) is 2. The molecule has 4 aromatic rings. The van der Waals surface area contributed by atoms with Gasteiger partial charge in [-0.1, -0.05) is 18.2 Å². The zero-order chi connectivity index (χ0) is 15.9. The predicted octanol–water partition coefficient (Wildman–Crippen LogP) is 2.91. The lowest BCUT2D eigenvalue weighted by molar-refractivity contribution is 0.601. The Labute approximate surface area is 132 Å². The molecule has 4 rings (SSSR count). The monoisotopic (exact) mass is 324 g/mol. The number of benzene rings is 2. The van der Waals surface area contributed by atoms with Gasteiger partial charge in [0, 0.05) is 11.6 Å². The minimum atomic E-state index is -3.71. The van der Waals surface area contributed by atoms with Gasteiger partial charge >= 0.3 is 0 Å². The Morgan fingerprint density at radius 1 is 1.00 bits per heavy atom. The Bertz CT molecular complexity index is 1110. The summed E-state index contributed by atoms with van der Waals surface area (Å²) in [7, 11) is -3.71. The van der Waals surface area contributed by atoms with Crippen molar-refractivity contribution in [3.63, 3.8) is 0 Å². The molecule has 0 saturated carbocycles. The molecule has 0 amide bonds. The third-order valence-electron chi connectivity index (χ3n) is 3.58. The summed E-state index contributed by atoms with van der Waals surface area (Å²) >= 11 is 0. The molecule has 0 radical (unpaired) electrons. The van der Waals surface area contributed by atoms with Crippen LogP contribution in [0.5, 0.6) is 0 Å². The van der Waals surface area contributed by atoms with Gasteiger partial charge in [-0.05, 0) is 30.3 Å². The van der Waals surface area contributed by atoms with Gasteiger partial charge in [0.15, 0.2) is 0 Å². The predicted molar refractivity (Wildman–Crippen MR) is 88.6 cm³/mol. The van der Waals surface area contributed by atoms with Gasteiger partial charge in [-0.3, -0.25) is 9.71 Å². The summed E-state index contributed by atoms with van der Waals surface area (Å²) in [5.74, 6) is 0. The second-order valence-corrected chi connectivity index (χ2v) is 6.75. The van der Waals surface area contributed by atoms with Gasteiger partial charge in [-0.25, -0.2) is 13.4 Å². The summed E-state index contributed by atoms with van der Waals surface area (Å²) in [6.07, 6.45) is 3.17. The van der Waals surface area contributed by atoms with Crippen molar-refractivity contribution in [1.29, 1.82) is 0 Å². The summed E-state index contributed by atoms with van der Waals surface area (Å²) in [5.41, 5.74) is 2.45. The molecule has 0 aliphatic heterocycles. The average Bonchev–Trinajstić information content (AvgIpc) is 3.02. The number of hydrogen-bond donors (Lipinski definition) is 2. The van der Waals surface area contributed by atoms with Crippen LogP contribution in [-0.4, -0.2) is 23.4 Å². The van der Waals surface area contributed by atoms with Crippen LogP contribution < -0.4 is 4.72 Å². The van der Waals surface area contributed by atoms with Crippen molar-refractivity contribution >= 4 is 37.6 Å². The Morgan fingerprint density at radius 3 is 2.78 bits per heavy atom. The molecular formula is C16H12N4O2S. The molecule has 0 saturated heterocycles. The lowest BCUT2D eigenvalue weighted by Gasteiger charge is -2.10. The summed E-state index contributed by atoms with van der Waals surface area (Å²) in [4.78, 5) is 11.4. The van der Waals surface area contributed by atoms with Crippen LogP contribution >= 0.6 is 0 Å². The van der Waals surface area contributed by atoms with E-state index >= 15 is 0 Å². The number of rotatable bonds is 3. The third kappa shape index (κ3) is 2.40. The fourth-order valence-corrected chi connectivity index (χ4v) is 3.56. The highest BCUT2D eigenvalue weighted by Gasteiger charge is 2.16. The first-order valence-corrected chi connectivity index (χ1v) is 8.41. The van der Waals surface area contributed by atoms with Crippen molar-refractivity contribution in [1.82, 2.24) is 15.0 Å². The van der Waals surface area contributed by atoms with E-state index in [-0.39, 0.29) is 4.90 Å². The van der Waals surface area contributed by atoms with Crippen LogP contribution in [0.15, 0.2) is 66.0 Å². The average molecular weight is 324 g/mol. The molecule has 6 nitrogen and oxygen atoms in total. The van der Waals surface area contributed by atoms with E-state index in [9.17, 15) is 8.42 Å². The zero-order valence-electron chi connectivity index (χ0n) is 11.9. The number of para-hydroxylation sites is 1. The summed E-state index contributed by atoms with van der Waals surface area (Å²) < 4.78 is 27.9. The Balaban J connectivity index is 1.79. The molecule has 114 valence electrons. The largest absolute Gasteiger partial charge is 0.345 e. The minimum absolute atomic E-state index is 0.169. The van der Waals surface area contributed by atoms with Crippen LogP contribution in [0.4, 0.5) is 5.69 Å². The van der Waals surface area contributed by atoms with Crippen molar-refractivity contribution in [2.24, 2.45) is 0 Å². The molecule has 0 aliphatic carbocycles. The number of pyridine rings is 1. The maximum Gasteiger partial charge on any atom is 0.262 e. The number of aromatic amines is 1. The van der Waals surface area contributed by atoms with E-state index in [2.05, 4.69) is 19.7 Å². The molecule has 0 aliphatic rings. The number of nitrogens with one attached hydrogen (secondary N) is 2. The smallest absolute Gasteiger partial charge is 0.262 e. The van der Waals surface area contributed by atoms with E-state index < -0.39 is 10.0 Å². The van der Waals surface area contributed by atoms with Crippen molar-refractivity contribution < 1.29 is 8.42 Å². The quantitative estimate of drug-likeness (QED) is 0.606. The van der Waals surface area contributed by atoms with Crippen molar-refractivity contribution in [3.8, 4) is 0 Å². The molecule has 23 heavy (non-hydrogen) atoms. The molecule has 0 bridgehead atoms. The zero-order valence-corrected chi connectivity index (χ0v) is 12.7. The molecule has 2 heterocycles. The van der Waals surface area contributed by atoms with E-state index in [1.165, 1.54) is 12.4 Å². The number of fused-ring (bicyclic) bond motifs is 2. The van der Waals surface area contributed by atoms with Crippen molar-refractivity contribution in [2.45, 2.75) is 4.90 Å². The molecule has 2 aromatic heterocycles. The van der Waals surface area contributed by atoms with E-state index in [1.807, 2.05) is 18.2 Å². The van der Waals surface area contributed by atoms with Crippen LogP contribution in [0.25, 0.3) is 21.9 Å². The second-order valence-electron chi connectivity index (χ2n) is 5.07. The number of aromatic nitrogens is 3. The second kappa shape index (κ2) is 5.06. The maximum atomic E-state index is 12.6. The van der Waals surface area contributed by atoms with E-state index in [4.69, 9.17) is 0 Å². The highest BCUT2D eigenvalue weighted by Crippen LogP contribution is 2.24. The van der Waals surface area contributed by atoms with Gasteiger partial charge in [0.25, 0.3) is 10.0 Å². The topological polar surface area (TPSA) is 87.7 Å². The Hall–Kier alpha value is -2.93. The number of H-pyrrole nitrogens is 1. The van der Waals surface area contributed by atoms with Crippen LogP contribution in [0, 0.1) is 0 Å². The van der Waals surface area contributed by atoms with Crippen molar-refractivity contribution in [2.75, 3.05) is 4.72 Å². The van der Waals surface area contributed by atoms with E-state index in [0.717, 1.165) is 10.9 Å². The maximum absolute atomic E-state index is 12.6. The van der Waals surface area contributed by atoms with Crippen molar-refractivity contribution in [3.05, 3.63) is 61.1 Å². The minimum Gasteiger partial charge on any atom is -0.345 e. The molecular weight excluding hydrogens is 312 g/mol. The third-order valence-corrected chi connectivity index (χ3v) is 4.94. The highest BCUT2D eigenvalue weighted by atomic mass is 32.2. The Kier molecular flexibility index (Phi) is 3.02. The van der Waals surface area contributed by atoms with Gasteiger partial charge in [0.05, 0.1) is 33.5 Å². The standard InChI is InChI=1S/C16H12N4O2S/c21-23(22,12-6-7-13-15(9-12)19-10-18-13)20-14-5-1-3-11-4-2-8-17-16(11)14/h1-10,20H,(H,18,19). The first-order valence-electron chi connectivity index (χ1n) is 6.93. The molecule has 7 heteroatoms. The SMILES string of the molecule is O=S(=O)(Nc1cccc2cccnc12)c1ccc2nc[nH]c2c1. The molecule has 2 aromatic carbocycles. The fourth-order valence-electron chi connectivity index (χ4n) is 2.47. The number of sulfonamides is 1. The van der Waals surface area contributed by atoms with Crippen LogP contribution in [-0.2, 0) is 10.0 Å². The molecule has 0 spiro atoms. The van der Waals surface area contributed by atoms with Gasteiger partial charge in [0.2, 0.25) is 0 Å². The van der Waals surface area contributed by atoms with Crippen LogP contribution in [0.2, 0.25) is 0 Å². The number of hydrogen-bond acceptors (Lipinski definition) is 4. The lowest BCUT2D eigenvalue weighted by Crippen LogP contribution is -2.13. The fraction of sp³-hybridized carbons (Fsp3) is 0. The van der Waals surface area contributed by atoms with Crippen LogP contribution in [0.1, 0.15) is 0 Å². The Morgan fingerprint density at radius 2 is 1.87 bits per heavy atom. The molecule has 2 N–H and O–H groups in total. The van der Waals surface area contributed by atoms with Crippen LogP contribution in [0.3, 0.4) is 0 Å². The molecule has 0 fully saturated rings. The summed E-state index contributed by atoms with van der Waals surface area (Å²) in [6.45, 7) is 0. The summed E-state index contributed by atoms with van der Waals surface area (Å²) in [6, 6.07) is 13.8.